The molecule has 142 valence electrons. The van der Waals surface area contributed by atoms with Gasteiger partial charge in [-0.05, 0) is 50.2 Å². The number of aliphatic hydroxyl groups excluding tert-OH is 1. The molecule has 1 aromatic heterocycles. The van der Waals surface area contributed by atoms with Gasteiger partial charge in [0.05, 0.1) is 12.1 Å². The van der Waals surface area contributed by atoms with E-state index < -0.39 is 0 Å². The van der Waals surface area contributed by atoms with Crippen LogP contribution in [0.5, 0.6) is 0 Å². The molecular formula is C21H25FN4O. The number of likely N-dealkylation sites (tertiary alicyclic amines) is 1. The Bertz CT molecular complexity index is 911. The molecule has 0 spiro atoms. The van der Waals surface area contributed by atoms with Gasteiger partial charge in [0, 0.05) is 24.3 Å². The van der Waals surface area contributed by atoms with Gasteiger partial charge in [0.25, 0.3) is 0 Å². The first-order valence-corrected chi connectivity index (χ1v) is 9.40. The second-order valence-corrected chi connectivity index (χ2v) is 7.44. The van der Waals surface area contributed by atoms with Crippen molar-refractivity contribution in [2.45, 2.75) is 19.4 Å². The van der Waals surface area contributed by atoms with Crippen molar-refractivity contribution in [3.05, 3.63) is 60.2 Å². The number of para-hydroxylation sites is 2. The van der Waals surface area contributed by atoms with Crippen LogP contribution in [0.2, 0.25) is 0 Å². The molecule has 0 aliphatic carbocycles. The minimum absolute atomic E-state index is 0.130. The lowest BCUT2D eigenvalue weighted by Gasteiger charge is -2.39. The fraction of sp³-hybridized carbons (Fsp3) is 0.381. The minimum atomic E-state index is -0.267. The predicted molar refractivity (Wildman–Crippen MR) is 104 cm³/mol. The highest BCUT2D eigenvalue weighted by Gasteiger charge is 2.33. The summed E-state index contributed by atoms with van der Waals surface area (Å²) in [6.07, 6.45) is 1.72. The Morgan fingerprint density at radius 2 is 1.81 bits per heavy atom. The number of hydrogen-bond acceptors (Lipinski definition) is 4. The Morgan fingerprint density at radius 1 is 1.07 bits per heavy atom. The van der Waals surface area contributed by atoms with E-state index in [4.69, 9.17) is 10.7 Å². The van der Waals surface area contributed by atoms with Crippen LogP contribution in [0.1, 0.15) is 18.7 Å². The van der Waals surface area contributed by atoms with Crippen LogP contribution in [0.25, 0.3) is 16.7 Å². The summed E-state index contributed by atoms with van der Waals surface area (Å²) in [5, 5.41) is 9.68. The molecule has 0 bridgehead atoms. The lowest BCUT2D eigenvalue weighted by molar-refractivity contribution is 0.0469. The summed E-state index contributed by atoms with van der Waals surface area (Å²) >= 11 is 0. The van der Waals surface area contributed by atoms with Crippen LogP contribution in [-0.2, 0) is 6.54 Å². The zero-order chi connectivity index (χ0) is 18.9. The predicted octanol–water partition coefficient (Wildman–Crippen LogP) is 2.70. The van der Waals surface area contributed by atoms with E-state index in [1.165, 1.54) is 6.07 Å². The molecule has 5 nitrogen and oxygen atoms in total. The maximum absolute atomic E-state index is 14.6. The van der Waals surface area contributed by atoms with E-state index in [0.29, 0.717) is 24.1 Å². The molecule has 2 heterocycles. The van der Waals surface area contributed by atoms with Gasteiger partial charge in [-0.3, -0.25) is 9.47 Å². The zero-order valence-corrected chi connectivity index (χ0v) is 15.3. The number of fused-ring (bicyclic) bond motifs is 1. The molecular weight excluding hydrogens is 343 g/mol. The average Bonchev–Trinajstić information content (AvgIpc) is 3.09. The number of aliphatic hydroxyl groups is 1. The van der Waals surface area contributed by atoms with Gasteiger partial charge in [0.2, 0.25) is 0 Å². The number of piperidine rings is 1. The van der Waals surface area contributed by atoms with E-state index in [9.17, 15) is 9.50 Å². The molecule has 27 heavy (non-hydrogen) atoms. The quantitative estimate of drug-likeness (QED) is 0.727. The monoisotopic (exact) mass is 368 g/mol. The van der Waals surface area contributed by atoms with Crippen LogP contribution in [0.4, 0.5) is 4.39 Å². The standard InChI is InChI=1S/C21H25FN4O/c22-17-7-4-8-18-20(17)26(16-5-2-1-3-6-16)19(24-18)13-25-11-9-21(14-23,15-27)10-12-25/h1-8,27H,9-15,23H2. The van der Waals surface area contributed by atoms with Crippen LogP contribution in [0.3, 0.4) is 0 Å². The van der Waals surface area contributed by atoms with Crippen molar-refractivity contribution in [1.82, 2.24) is 14.5 Å². The molecule has 6 heteroatoms. The molecule has 3 aromatic rings. The van der Waals surface area contributed by atoms with E-state index in [0.717, 1.165) is 37.4 Å². The van der Waals surface area contributed by atoms with Gasteiger partial charge in [0.15, 0.2) is 0 Å². The number of nitrogens with zero attached hydrogens (tertiary/aromatic N) is 3. The smallest absolute Gasteiger partial charge is 0.149 e. The van der Waals surface area contributed by atoms with Crippen molar-refractivity contribution in [1.29, 1.82) is 0 Å². The van der Waals surface area contributed by atoms with E-state index in [1.807, 2.05) is 41.0 Å². The third kappa shape index (κ3) is 3.36. The fourth-order valence-electron chi connectivity index (χ4n) is 3.91. The minimum Gasteiger partial charge on any atom is -0.396 e. The number of benzene rings is 2. The molecule has 1 aliphatic heterocycles. The number of aromatic nitrogens is 2. The maximum Gasteiger partial charge on any atom is 0.149 e. The molecule has 1 aliphatic rings. The van der Waals surface area contributed by atoms with Gasteiger partial charge in [0.1, 0.15) is 17.2 Å². The molecule has 0 radical (unpaired) electrons. The lowest BCUT2D eigenvalue weighted by atomic mass is 9.79. The van der Waals surface area contributed by atoms with Gasteiger partial charge in [-0.25, -0.2) is 9.37 Å². The summed E-state index contributed by atoms with van der Waals surface area (Å²) < 4.78 is 16.5. The van der Waals surface area contributed by atoms with Crippen LogP contribution in [0.15, 0.2) is 48.5 Å². The van der Waals surface area contributed by atoms with Crippen molar-refractivity contribution >= 4 is 11.0 Å². The normalized spacial score (nSPS) is 17.4. The highest BCUT2D eigenvalue weighted by atomic mass is 19.1. The van der Waals surface area contributed by atoms with Gasteiger partial charge in [-0.2, -0.15) is 0 Å². The van der Waals surface area contributed by atoms with Gasteiger partial charge >= 0.3 is 0 Å². The van der Waals surface area contributed by atoms with Gasteiger partial charge < -0.3 is 10.8 Å². The Labute approximate surface area is 158 Å². The van der Waals surface area contributed by atoms with Gasteiger partial charge in [-0.1, -0.05) is 24.3 Å². The Balaban J connectivity index is 1.68. The molecule has 0 atom stereocenters. The first-order valence-electron chi connectivity index (χ1n) is 9.40. The summed E-state index contributed by atoms with van der Waals surface area (Å²) in [7, 11) is 0. The second kappa shape index (κ2) is 7.38. The SMILES string of the molecule is NCC1(CO)CCN(Cc2nc3cccc(F)c3n2-c2ccccc2)CC1. The number of imidazole rings is 1. The molecule has 1 saturated heterocycles. The molecule has 0 saturated carbocycles. The topological polar surface area (TPSA) is 67.3 Å². The summed E-state index contributed by atoms with van der Waals surface area (Å²) in [6.45, 7) is 2.96. The Hall–Kier alpha value is -2.28. The Morgan fingerprint density at radius 3 is 2.48 bits per heavy atom. The Kier molecular flexibility index (Phi) is 4.95. The summed E-state index contributed by atoms with van der Waals surface area (Å²) in [5.74, 6) is 0.557. The average molecular weight is 368 g/mol. The number of hydrogen-bond donors (Lipinski definition) is 2. The van der Waals surface area contributed by atoms with Crippen LogP contribution < -0.4 is 5.73 Å². The van der Waals surface area contributed by atoms with E-state index in [1.54, 1.807) is 6.07 Å². The fourth-order valence-corrected chi connectivity index (χ4v) is 3.91. The van der Waals surface area contributed by atoms with Crippen LogP contribution in [-0.4, -0.2) is 45.8 Å². The van der Waals surface area contributed by atoms with Crippen molar-refractivity contribution in [3.63, 3.8) is 0 Å². The third-order valence-corrected chi connectivity index (χ3v) is 5.76. The zero-order valence-electron chi connectivity index (χ0n) is 15.3. The van der Waals surface area contributed by atoms with Crippen molar-refractivity contribution in [3.8, 4) is 5.69 Å². The van der Waals surface area contributed by atoms with Crippen LogP contribution in [0, 0.1) is 11.2 Å². The molecule has 4 rings (SSSR count). The molecule has 0 amide bonds. The highest BCUT2D eigenvalue weighted by molar-refractivity contribution is 5.79. The summed E-state index contributed by atoms with van der Waals surface area (Å²) in [4.78, 5) is 7.04. The van der Waals surface area contributed by atoms with Crippen LogP contribution >= 0.6 is 0 Å². The lowest BCUT2D eigenvalue weighted by Crippen LogP contribution is -2.45. The largest absolute Gasteiger partial charge is 0.396 e. The van der Waals surface area contributed by atoms with E-state index in [-0.39, 0.29) is 17.8 Å². The first kappa shape index (κ1) is 18.1. The van der Waals surface area contributed by atoms with Crippen molar-refractivity contribution < 1.29 is 9.50 Å². The number of halogens is 1. The van der Waals surface area contributed by atoms with Crippen molar-refractivity contribution in [2.24, 2.45) is 11.1 Å². The molecule has 0 unspecified atom stereocenters. The maximum atomic E-state index is 14.6. The van der Waals surface area contributed by atoms with Crippen molar-refractivity contribution in [2.75, 3.05) is 26.2 Å². The van der Waals surface area contributed by atoms with Gasteiger partial charge in [-0.15, -0.1) is 0 Å². The molecule has 2 aromatic carbocycles. The highest BCUT2D eigenvalue weighted by Crippen LogP contribution is 2.31. The molecule has 1 fully saturated rings. The number of rotatable bonds is 5. The molecule has 3 N–H and O–H groups in total. The summed E-state index contributed by atoms with van der Waals surface area (Å²) in [5.41, 5.74) is 7.80. The van der Waals surface area contributed by atoms with E-state index >= 15 is 0 Å². The number of nitrogens with two attached hydrogens (primary N) is 1. The second-order valence-electron chi connectivity index (χ2n) is 7.44. The summed E-state index contributed by atoms with van der Waals surface area (Å²) in [6, 6.07) is 14.8. The third-order valence-electron chi connectivity index (χ3n) is 5.76. The first-order chi connectivity index (χ1) is 13.2. The van der Waals surface area contributed by atoms with E-state index in [2.05, 4.69) is 4.90 Å².